The summed E-state index contributed by atoms with van der Waals surface area (Å²) in [6, 6.07) is 10.8. The molecule has 0 radical (unpaired) electrons. The standard InChI is InChI=1S/C25H17F4NOS/c1-2-3-10-31-19-13-21(26)20(22(27)14-19)9-6-16-4-7-17(8-5-16)18-11-23(28)25(30-15-32)24(29)12-18/h4-5,7-8,11-14H,2-3,10H2,1H3. The molecule has 0 saturated heterocycles. The van der Waals surface area contributed by atoms with Gasteiger partial charge in [0, 0.05) is 17.7 Å². The van der Waals surface area contributed by atoms with Gasteiger partial charge < -0.3 is 4.74 Å². The molecule has 0 aliphatic heterocycles. The van der Waals surface area contributed by atoms with Gasteiger partial charge in [-0.1, -0.05) is 37.3 Å². The van der Waals surface area contributed by atoms with Crippen molar-refractivity contribution in [1.82, 2.24) is 0 Å². The first-order chi connectivity index (χ1) is 15.4. The molecule has 0 aliphatic carbocycles. The van der Waals surface area contributed by atoms with Gasteiger partial charge in [0.05, 0.1) is 17.3 Å². The van der Waals surface area contributed by atoms with Crippen molar-refractivity contribution in [2.45, 2.75) is 19.8 Å². The van der Waals surface area contributed by atoms with Gasteiger partial charge in [-0.15, -0.1) is 0 Å². The molecule has 3 aromatic carbocycles. The van der Waals surface area contributed by atoms with Crippen molar-refractivity contribution in [3.8, 4) is 28.7 Å². The Morgan fingerprint density at radius 1 is 0.844 bits per heavy atom. The van der Waals surface area contributed by atoms with Gasteiger partial charge in [-0.05, 0) is 54.0 Å². The van der Waals surface area contributed by atoms with Crippen LogP contribution < -0.4 is 4.74 Å². The Labute approximate surface area is 188 Å². The number of unbranched alkanes of at least 4 members (excludes halogenated alkanes) is 1. The highest BCUT2D eigenvalue weighted by Crippen LogP contribution is 2.29. The number of hydrogen-bond acceptors (Lipinski definition) is 3. The molecule has 0 aromatic heterocycles. The Morgan fingerprint density at radius 3 is 2.03 bits per heavy atom. The fourth-order valence-electron chi connectivity index (χ4n) is 2.85. The molecule has 3 aromatic rings. The minimum atomic E-state index is -0.866. The Balaban J connectivity index is 1.81. The number of thiocarbonyl (C=S) groups is 1. The van der Waals surface area contributed by atoms with E-state index in [0.29, 0.717) is 23.3 Å². The van der Waals surface area contributed by atoms with Crippen LogP contribution >= 0.6 is 12.2 Å². The van der Waals surface area contributed by atoms with Crippen LogP contribution in [0.25, 0.3) is 11.1 Å². The molecule has 0 atom stereocenters. The summed E-state index contributed by atoms with van der Waals surface area (Å²) in [5.41, 5.74) is 0.419. The summed E-state index contributed by atoms with van der Waals surface area (Å²) in [6.07, 6.45) is 1.69. The summed E-state index contributed by atoms with van der Waals surface area (Å²) in [4.78, 5) is 3.37. The molecule has 0 heterocycles. The minimum Gasteiger partial charge on any atom is -0.493 e. The summed E-state index contributed by atoms with van der Waals surface area (Å²) in [7, 11) is 0. The first-order valence-electron chi connectivity index (χ1n) is 9.74. The molecule has 2 nitrogen and oxygen atoms in total. The first kappa shape index (κ1) is 23.2. The van der Waals surface area contributed by atoms with Gasteiger partial charge in [0.15, 0.2) is 11.6 Å². The highest BCUT2D eigenvalue weighted by Gasteiger charge is 2.12. The summed E-state index contributed by atoms with van der Waals surface area (Å²) in [5.74, 6) is 1.93. The number of aliphatic imine (C=N–C) groups is 1. The molecule has 0 bridgehead atoms. The summed E-state index contributed by atoms with van der Waals surface area (Å²) < 4.78 is 61.9. The maximum atomic E-state index is 14.3. The molecule has 162 valence electrons. The van der Waals surface area contributed by atoms with Gasteiger partial charge in [-0.2, -0.15) is 4.99 Å². The van der Waals surface area contributed by atoms with Crippen LogP contribution in [0.2, 0.25) is 0 Å². The second-order valence-corrected chi connectivity index (χ2v) is 6.97. The van der Waals surface area contributed by atoms with Crippen molar-refractivity contribution in [2.75, 3.05) is 6.61 Å². The minimum absolute atomic E-state index is 0.116. The Hall–Kier alpha value is -3.46. The largest absolute Gasteiger partial charge is 0.493 e. The second-order valence-electron chi connectivity index (χ2n) is 6.78. The third-order valence-corrected chi connectivity index (χ3v) is 4.60. The fraction of sp³-hybridized carbons (Fsp3) is 0.160. The normalized spacial score (nSPS) is 10.2. The van der Waals surface area contributed by atoms with Crippen molar-refractivity contribution >= 4 is 23.1 Å². The van der Waals surface area contributed by atoms with E-state index in [1.807, 2.05) is 12.1 Å². The second kappa shape index (κ2) is 10.7. The number of benzene rings is 3. The quantitative estimate of drug-likeness (QED) is 0.129. The number of nitrogens with zero attached hydrogens (tertiary/aromatic N) is 1. The van der Waals surface area contributed by atoms with Gasteiger partial charge in [0.1, 0.15) is 23.1 Å². The Kier molecular flexibility index (Phi) is 7.77. The maximum absolute atomic E-state index is 14.3. The lowest BCUT2D eigenvalue weighted by molar-refractivity contribution is 0.306. The smallest absolute Gasteiger partial charge is 0.153 e. The Morgan fingerprint density at radius 2 is 1.47 bits per heavy atom. The van der Waals surface area contributed by atoms with Gasteiger partial charge in [-0.3, -0.25) is 0 Å². The van der Waals surface area contributed by atoms with E-state index in [-0.39, 0.29) is 11.3 Å². The van der Waals surface area contributed by atoms with Crippen LogP contribution in [-0.2, 0) is 0 Å². The van der Waals surface area contributed by atoms with E-state index in [1.54, 1.807) is 24.3 Å². The van der Waals surface area contributed by atoms with Crippen LogP contribution in [-0.4, -0.2) is 11.8 Å². The van der Waals surface area contributed by atoms with E-state index in [0.717, 1.165) is 37.1 Å². The molecule has 7 heteroatoms. The molecule has 0 amide bonds. The zero-order valence-corrected chi connectivity index (χ0v) is 17.8. The van der Waals surface area contributed by atoms with E-state index >= 15 is 0 Å². The topological polar surface area (TPSA) is 21.6 Å². The number of halogens is 4. The van der Waals surface area contributed by atoms with E-state index in [1.165, 1.54) is 0 Å². The molecular formula is C25H17F4NOS. The third kappa shape index (κ3) is 5.61. The van der Waals surface area contributed by atoms with E-state index in [4.69, 9.17) is 4.74 Å². The van der Waals surface area contributed by atoms with E-state index < -0.39 is 29.0 Å². The highest BCUT2D eigenvalue weighted by atomic mass is 32.1. The van der Waals surface area contributed by atoms with E-state index in [2.05, 4.69) is 29.1 Å². The number of isothiocyanates is 1. The molecular weight excluding hydrogens is 438 g/mol. The van der Waals surface area contributed by atoms with Crippen molar-refractivity contribution < 1.29 is 22.3 Å². The first-order valence-corrected chi connectivity index (χ1v) is 10.1. The zero-order valence-electron chi connectivity index (χ0n) is 17.0. The molecule has 0 aliphatic rings. The van der Waals surface area contributed by atoms with Crippen LogP contribution in [0, 0.1) is 35.1 Å². The molecule has 0 unspecified atom stereocenters. The monoisotopic (exact) mass is 455 g/mol. The van der Waals surface area contributed by atoms with Gasteiger partial charge in [-0.25, -0.2) is 17.6 Å². The predicted octanol–water partition coefficient (Wildman–Crippen LogP) is 7.22. The summed E-state index contributed by atoms with van der Waals surface area (Å²) in [6.45, 7) is 2.36. The lowest BCUT2D eigenvalue weighted by Gasteiger charge is -2.07. The van der Waals surface area contributed by atoms with Crippen molar-refractivity contribution in [3.63, 3.8) is 0 Å². The zero-order chi connectivity index (χ0) is 23.1. The number of ether oxygens (including phenoxy) is 1. The molecule has 3 rings (SSSR count). The van der Waals surface area contributed by atoms with Crippen LogP contribution in [0.1, 0.15) is 30.9 Å². The van der Waals surface area contributed by atoms with E-state index in [9.17, 15) is 17.6 Å². The average molecular weight is 455 g/mol. The SMILES string of the molecule is CCCCOc1cc(F)c(C#Cc2ccc(-c3cc(F)c(N=C=S)c(F)c3)cc2)c(F)c1. The molecule has 32 heavy (non-hydrogen) atoms. The molecule has 0 saturated carbocycles. The third-order valence-electron chi connectivity index (χ3n) is 4.51. The van der Waals surface area contributed by atoms with Crippen LogP contribution in [0.15, 0.2) is 53.5 Å². The summed E-state index contributed by atoms with van der Waals surface area (Å²) >= 11 is 4.38. The van der Waals surface area contributed by atoms with Gasteiger partial charge >= 0.3 is 0 Å². The molecule has 0 fully saturated rings. The molecule has 0 N–H and O–H groups in total. The van der Waals surface area contributed by atoms with Gasteiger partial charge in [0.2, 0.25) is 0 Å². The van der Waals surface area contributed by atoms with Crippen LogP contribution in [0.4, 0.5) is 23.2 Å². The molecule has 0 spiro atoms. The lowest BCUT2D eigenvalue weighted by atomic mass is 10.0. The maximum Gasteiger partial charge on any atom is 0.153 e. The van der Waals surface area contributed by atoms with Crippen LogP contribution in [0.5, 0.6) is 5.75 Å². The summed E-state index contributed by atoms with van der Waals surface area (Å²) in [5, 5.41) is 1.93. The fourth-order valence-corrected chi connectivity index (χ4v) is 2.94. The van der Waals surface area contributed by atoms with Crippen molar-refractivity contribution in [3.05, 3.63) is 82.9 Å². The number of hydrogen-bond donors (Lipinski definition) is 0. The van der Waals surface area contributed by atoms with Gasteiger partial charge in [0.25, 0.3) is 0 Å². The average Bonchev–Trinajstić information content (AvgIpc) is 2.76. The number of rotatable bonds is 6. The van der Waals surface area contributed by atoms with Crippen molar-refractivity contribution in [2.24, 2.45) is 4.99 Å². The Bertz CT molecular complexity index is 1190. The predicted molar refractivity (Wildman–Crippen MR) is 119 cm³/mol. The van der Waals surface area contributed by atoms with Crippen LogP contribution in [0.3, 0.4) is 0 Å². The van der Waals surface area contributed by atoms with Crippen molar-refractivity contribution in [1.29, 1.82) is 0 Å². The lowest BCUT2D eigenvalue weighted by Crippen LogP contribution is -1.99. The highest BCUT2D eigenvalue weighted by molar-refractivity contribution is 7.78.